The summed E-state index contributed by atoms with van der Waals surface area (Å²) in [5.74, 6) is 0.947. The van der Waals surface area contributed by atoms with Gasteiger partial charge in [-0.25, -0.2) is 0 Å². The third-order valence-corrected chi connectivity index (χ3v) is 4.77. The number of nitrogens with zero attached hydrogens (tertiary/aromatic N) is 1. The van der Waals surface area contributed by atoms with Crippen LogP contribution in [0, 0.1) is 0 Å². The summed E-state index contributed by atoms with van der Waals surface area (Å²) in [6.45, 7) is 2.72. The zero-order chi connectivity index (χ0) is 15.8. The summed E-state index contributed by atoms with van der Waals surface area (Å²) in [4.78, 5) is 0. The minimum atomic E-state index is 0.594. The van der Waals surface area contributed by atoms with Crippen LogP contribution >= 0.6 is 0 Å². The Kier molecular flexibility index (Phi) is 3.49. The molecule has 0 unspecified atom stereocenters. The Bertz CT molecular complexity index is 829. The highest BCUT2D eigenvalue weighted by Crippen LogP contribution is 2.40. The van der Waals surface area contributed by atoms with Gasteiger partial charge >= 0.3 is 0 Å². The molecule has 0 radical (unpaired) electrons. The lowest BCUT2D eigenvalue weighted by Crippen LogP contribution is -2.17. The van der Waals surface area contributed by atoms with Crippen molar-refractivity contribution in [1.82, 2.24) is 4.57 Å². The van der Waals surface area contributed by atoms with Gasteiger partial charge < -0.3 is 15.0 Å². The van der Waals surface area contributed by atoms with E-state index in [-0.39, 0.29) is 0 Å². The molecule has 0 spiro atoms. The molecule has 23 heavy (non-hydrogen) atoms. The Hall–Kier alpha value is -2.42. The van der Waals surface area contributed by atoms with Crippen LogP contribution in [-0.2, 0) is 0 Å². The first-order valence-electron chi connectivity index (χ1n) is 8.40. The van der Waals surface area contributed by atoms with E-state index in [0.29, 0.717) is 12.6 Å². The minimum absolute atomic E-state index is 0.594. The van der Waals surface area contributed by atoms with E-state index in [0.717, 1.165) is 11.4 Å². The van der Waals surface area contributed by atoms with Gasteiger partial charge in [-0.1, -0.05) is 12.1 Å². The van der Waals surface area contributed by atoms with E-state index in [9.17, 15) is 0 Å². The lowest BCUT2D eigenvalue weighted by molar-refractivity contribution is 0.323. The highest BCUT2D eigenvalue weighted by atomic mass is 16.5. The fraction of sp³-hybridized carbons (Fsp3) is 0.300. The van der Waals surface area contributed by atoms with Gasteiger partial charge in [-0.3, -0.25) is 0 Å². The number of aromatic nitrogens is 1. The van der Waals surface area contributed by atoms with E-state index in [2.05, 4.69) is 41.0 Å². The number of hydrogen-bond acceptors (Lipinski definition) is 2. The summed E-state index contributed by atoms with van der Waals surface area (Å²) in [7, 11) is 0. The third-order valence-electron chi connectivity index (χ3n) is 4.77. The van der Waals surface area contributed by atoms with Gasteiger partial charge in [0.15, 0.2) is 0 Å². The van der Waals surface area contributed by atoms with Gasteiger partial charge in [0.1, 0.15) is 5.75 Å². The molecule has 1 aromatic heterocycles. The van der Waals surface area contributed by atoms with Crippen molar-refractivity contribution in [3.63, 3.8) is 0 Å². The molecule has 0 aliphatic heterocycles. The molecular weight excluding hydrogens is 284 g/mol. The molecule has 3 heteroatoms. The Morgan fingerprint density at radius 3 is 2.52 bits per heavy atom. The molecule has 0 saturated heterocycles. The first kappa shape index (κ1) is 14.2. The number of fused-ring (bicyclic) bond motifs is 1. The SMILES string of the molecule is CCOc1ccc2cc(-c3ccc(N)cc3)n(C3CCC3)c2c1. The van der Waals surface area contributed by atoms with E-state index in [1.807, 2.05) is 19.1 Å². The molecule has 1 heterocycles. The molecule has 2 N–H and O–H groups in total. The Morgan fingerprint density at radius 1 is 1.09 bits per heavy atom. The lowest BCUT2D eigenvalue weighted by Gasteiger charge is -2.30. The van der Waals surface area contributed by atoms with E-state index >= 15 is 0 Å². The molecule has 2 aromatic carbocycles. The number of ether oxygens (including phenoxy) is 1. The summed E-state index contributed by atoms with van der Waals surface area (Å²) in [6, 6.07) is 17.5. The number of rotatable bonds is 4. The second-order valence-electron chi connectivity index (χ2n) is 6.26. The minimum Gasteiger partial charge on any atom is -0.494 e. The van der Waals surface area contributed by atoms with Gasteiger partial charge in [0.25, 0.3) is 0 Å². The van der Waals surface area contributed by atoms with Crippen molar-refractivity contribution in [3.05, 3.63) is 48.5 Å². The van der Waals surface area contributed by atoms with Crippen molar-refractivity contribution in [3.8, 4) is 17.0 Å². The number of nitrogens with two attached hydrogens (primary N) is 1. The molecule has 1 fully saturated rings. The molecule has 3 nitrogen and oxygen atoms in total. The maximum Gasteiger partial charge on any atom is 0.121 e. The van der Waals surface area contributed by atoms with Crippen LogP contribution in [0.3, 0.4) is 0 Å². The molecule has 0 atom stereocenters. The Labute approximate surface area is 136 Å². The van der Waals surface area contributed by atoms with Gasteiger partial charge in [-0.15, -0.1) is 0 Å². The molecule has 1 aliphatic rings. The number of nitrogen functional groups attached to an aromatic ring is 1. The average Bonchev–Trinajstić information content (AvgIpc) is 2.86. The smallest absolute Gasteiger partial charge is 0.121 e. The van der Waals surface area contributed by atoms with Crippen LogP contribution in [-0.4, -0.2) is 11.2 Å². The van der Waals surface area contributed by atoms with E-state index < -0.39 is 0 Å². The predicted molar refractivity (Wildman–Crippen MR) is 95.8 cm³/mol. The zero-order valence-corrected chi connectivity index (χ0v) is 13.5. The maximum atomic E-state index is 5.84. The largest absolute Gasteiger partial charge is 0.494 e. The topological polar surface area (TPSA) is 40.2 Å². The van der Waals surface area contributed by atoms with E-state index in [4.69, 9.17) is 10.5 Å². The van der Waals surface area contributed by atoms with E-state index in [1.165, 1.54) is 41.4 Å². The van der Waals surface area contributed by atoms with Crippen LogP contribution < -0.4 is 10.5 Å². The summed E-state index contributed by atoms with van der Waals surface area (Å²) in [6.07, 6.45) is 3.83. The lowest BCUT2D eigenvalue weighted by atomic mass is 9.92. The summed E-state index contributed by atoms with van der Waals surface area (Å²) in [5, 5.41) is 1.27. The number of benzene rings is 2. The van der Waals surface area contributed by atoms with Gasteiger partial charge in [-0.2, -0.15) is 0 Å². The van der Waals surface area contributed by atoms with Gasteiger partial charge in [0.05, 0.1) is 12.1 Å². The number of anilines is 1. The fourth-order valence-corrected chi connectivity index (χ4v) is 3.37. The molecule has 1 aliphatic carbocycles. The average molecular weight is 306 g/mol. The van der Waals surface area contributed by atoms with Crippen molar-refractivity contribution in [1.29, 1.82) is 0 Å². The van der Waals surface area contributed by atoms with Crippen LogP contribution in [0.2, 0.25) is 0 Å². The number of hydrogen-bond donors (Lipinski definition) is 1. The second-order valence-corrected chi connectivity index (χ2v) is 6.26. The highest BCUT2D eigenvalue weighted by molar-refractivity contribution is 5.88. The monoisotopic (exact) mass is 306 g/mol. The van der Waals surface area contributed by atoms with Gasteiger partial charge in [0, 0.05) is 28.9 Å². The van der Waals surface area contributed by atoms with Gasteiger partial charge in [0.2, 0.25) is 0 Å². The normalized spacial score (nSPS) is 14.8. The fourth-order valence-electron chi connectivity index (χ4n) is 3.37. The quantitative estimate of drug-likeness (QED) is 0.688. The maximum absolute atomic E-state index is 5.84. The van der Waals surface area contributed by atoms with Crippen LogP contribution in [0.5, 0.6) is 5.75 Å². The van der Waals surface area contributed by atoms with Crippen molar-refractivity contribution in [2.45, 2.75) is 32.2 Å². The summed E-state index contributed by atoms with van der Waals surface area (Å²) >= 11 is 0. The molecular formula is C20H22N2O. The van der Waals surface area contributed by atoms with Crippen molar-refractivity contribution in [2.24, 2.45) is 0 Å². The first-order chi connectivity index (χ1) is 11.3. The second kappa shape index (κ2) is 5.65. The predicted octanol–water partition coefficient (Wildman–Crippen LogP) is 5.01. The zero-order valence-electron chi connectivity index (χ0n) is 13.5. The molecule has 0 bridgehead atoms. The summed E-state index contributed by atoms with van der Waals surface area (Å²) < 4.78 is 8.19. The molecule has 0 amide bonds. The van der Waals surface area contributed by atoms with Crippen molar-refractivity contribution >= 4 is 16.6 Å². The Balaban J connectivity index is 1.90. The van der Waals surface area contributed by atoms with Crippen LogP contribution in [0.25, 0.3) is 22.2 Å². The van der Waals surface area contributed by atoms with Crippen molar-refractivity contribution in [2.75, 3.05) is 12.3 Å². The standard InChI is InChI=1S/C20H22N2O/c1-2-23-18-11-8-15-12-19(14-6-9-16(21)10-7-14)22(20(15)13-18)17-4-3-5-17/h6-13,17H,2-5,21H2,1H3. The van der Waals surface area contributed by atoms with Gasteiger partial charge in [-0.05, 0) is 62.1 Å². The molecule has 1 saturated carbocycles. The first-order valence-corrected chi connectivity index (χ1v) is 8.40. The van der Waals surface area contributed by atoms with Crippen LogP contribution in [0.1, 0.15) is 32.2 Å². The molecule has 3 aromatic rings. The third kappa shape index (κ3) is 2.46. The Morgan fingerprint density at radius 2 is 1.87 bits per heavy atom. The van der Waals surface area contributed by atoms with Crippen LogP contribution in [0.4, 0.5) is 5.69 Å². The molecule has 4 rings (SSSR count). The summed E-state index contributed by atoms with van der Waals surface area (Å²) in [5.41, 5.74) is 10.4. The van der Waals surface area contributed by atoms with E-state index in [1.54, 1.807) is 0 Å². The van der Waals surface area contributed by atoms with Crippen LogP contribution in [0.15, 0.2) is 48.5 Å². The highest BCUT2D eigenvalue weighted by Gasteiger charge is 2.24. The molecule has 118 valence electrons. The van der Waals surface area contributed by atoms with Crippen molar-refractivity contribution < 1.29 is 4.74 Å².